The Labute approximate surface area is 164 Å². The molecule has 144 valence electrons. The maximum absolute atomic E-state index is 12.5. The minimum atomic E-state index is -0.443. The predicted octanol–water partition coefficient (Wildman–Crippen LogP) is 3.70. The zero-order valence-corrected chi connectivity index (χ0v) is 15.3. The fraction of sp³-hybridized carbons (Fsp3) is 0.150. The van der Waals surface area contributed by atoms with Gasteiger partial charge < -0.3 is 9.73 Å². The first-order chi connectivity index (χ1) is 14.0. The summed E-state index contributed by atoms with van der Waals surface area (Å²) in [7, 11) is 0. The van der Waals surface area contributed by atoms with E-state index in [1.54, 1.807) is 18.2 Å². The highest BCUT2D eigenvalue weighted by molar-refractivity contribution is 5.95. The second-order valence-corrected chi connectivity index (χ2v) is 6.88. The average molecular weight is 389 g/mol. The van der Waals surface area contributed by atoms with E-state index < -0.39 is 4.92 Å². The Hall–Kier alpha value is -4.01. The van der Waals surface area contributed by atoms with Gasteiger partial charge in [-0.05, 0) is 24.6 Å². The number of benzene rings is 2. The fourth-order valence-electron chi connectivity index (χ4n) is 3.78. The zero-order chi connectivity index (χ0) is 20.1. The number of carbonyl (C=O) groups is 1. The number of nitro groups is 1. The molecule has 3 heterocycles. The zero-order valence-electron chi connectivity index (χ0n) is 15.3. The average Bonchev–Trinajstić information content (AvgIpc) is 3.28. The third-order valence-electron chi connectivity index (χ3n) is 5.05. The minimum absolute atomic E-state index is 0.0148. The summed E-state index contributed by atoms with van der Waals surface area (Å²) in [5.41, 5.74) is 3.46. The van der Waals surface area contributed by atoms with Crippen molar-refractivity contribution in [1.29, 1.82) is 0 Å². The van der Waals surface area contributed by atoms with Crippen LogP contribution in [0.25, 0.3) is 17.1 Å². The molecule has 0 spiro atoms. The van der Waals surface area contributed by atoms with Gasteiger partial charge in [-0.25, -0.2) is 0 Å². The van der Waals surface area contributed by atoms with E-state index in [1.807, 2.05) is 25.1 Å². The summed E-state index contributed by atoms with van der Waals surface area (Å²) in [4.78, 5) is 27.6. The van der Waals surface area contributed by atoms with Gasteiger partial charge in [-0.1, -0.05) is 24.3 Å². The molecule has 0 aliphatic carbocycles. The van der Waals surface area contributed by atoms with Crippen LogP contribution in [0.3, 0.4) is 0 Å². The maximum atomic E-state index is 12.5. The molecule has 29 heavy (non-hydrogen) atoms. The van der Waals surface area contributed by atoms with E-state index in [1.165, 1.54) is 16.8 Å². The molecule has 1 aliphatic rings. The first kappa shape index (κ1) is 17.1. The van der Waals surface area contributed by atoms with Crippen LogP contribution in [0.1, 0.15) is 29.2 Å². The van der Waals surface area contributed by atoms with E-state index in [-0.39, 0.29) is 29.9 Å². The molecule has 1 atom stereocenters. The van der Waals surface area contributed by atoms with Crippen molar-refractivity contribution in [3.05, 3.63) is 75.5 Å². The van der Waals surface area contributed by atoms with Gasteiger partial charge in [0.2, 0.25) is 5.91 Å². The van der Waals surface area contributed by atoms with Crippen molar-refractivity contribution in [2.75, 3.05) is 5.32 Å². The summed E-state index contributed by atoms with van der Waals surface area (Å²) in [6.45, 7) is 1.83. The lowest BCUT2D eigenvalue weighted by Crippen LogP contribution is -2.25. The van der Waals surface area contributed by atoms with Gasteiger partial charge in [0.05, 0.1) is 10.6 Å². The van der Waals surface area contributed by atoms with E-state index in [4.69, 9.17) is 4.42 Å². The monoisotopic (exact) mass is 389 g/mol. The molecule has 0 saturated carbocycles. The number of amides is 1. The molecule has 9 nitrogen and oxygen atoms in total. The second kappa shape index (κ2) is 6.26. The molecule has 1 N–H and O–H groups in total. The van der Waals surface area contributed by atoms with Crippen LogP contribution in [0.5, 0.6) is 0 Å². The predicted molar refractivity (Wildman–Crippen MR) is 104 cm³/mol. The summed E-state index contributed by atoms with van der Waals surface area (Å²) in [6, 6.07) is 13.9. The number of hydrogen-bond acceptors (Lipinski definition) is 6. The first-order valence-electron chi connectivity index (χ1n) is 9.01. The number of fused-ring (bicyclic) bond motifs is 2. The quantitative estimate of drug-likeness (QED) is 0.422. The van der Waals surface area contributed by atoms with Crippen molar-refractivity contribution in [2.45, 2.75) is 19.3 Å². The smallest absolute Gasteiger partial charge is 0.325 e. The van der Waals surface area contributed by atoms with Crippen LogP contribution >= 0.6 is 0 Å². The van der Waals surface area contributed by atoms with Crippen LogP contribution < -0.4 is 5.32 Å². The number of aryl methyl sites for hydroxylation is 1. The van der Waals surface area contributed by atoms with Gasteiger partial charge in [-0.15, -0.1) is 0 Å². The summed E-state index contributed by atoms with van der Waals surface area (Å²) < 4.78 is 7.29. The van der Waals surface area contributed by atoms with Crippen molar-refractivity contribution >= 4 is 28.5 Å². The molecule has 5 rings (SSSR count). The van der Waals surface area contributed by atoms with Crippen molar-refractivity contribution < 1.29 is 14.1 Å². The normalized spacial score (nSPS) is 15.9. The fourth-order valence-corrected chi connectivity index (χ4v) is 3.78. The van der Waals surface area contributed by atoms with Crippen LogP contribution in [0.2, 0.25) is 0 Å². The van der Waals surface area contributed by atoms with Gasteiger partial charge in [-0.3, -0.25) is 14.9 Å². The Balaban J connectivity index is 1.66. The Kier molecular flexibility index (Phi) is 3.70. The van der Waals surface area contributed by atoms with E-state index in [9.17, 15) is 14.9 Å². The van der Waals surface area contributed by atoms with Crippen LogP contribution in [-0.2, 0) is 4.79 Å². The van der Waals surface area contributed by atoms with Gasteiger partial charge >= 0.3 is 6.01 Å². The number of anilines is 1. The number of hydrogen-bond donors (Lipinski definition) is 1. The summed E-state index contributed by atoms with van der Waals surface area (Å²) in [5, 5.41) is 18.6. The SMILES string of the molecule is Cc1nn(-c2nc3ccccc3o2)c2c1C(c1cccc([N+](=O)[O-])c1)CC(=O)N2. The molecule has 1 aliphatic heterocycles. The van der Waals surface area contributed by atoms with Crippen molar-refractivity contribution in [1.82, 2.24) is 14.8 Å². The number of carbonyl (C=O) groups excluding carboxylic acids is 1. The molecule has 0 bridgehead atoms. The molecule has 1 unspecified atom stereocenters. The molecular weight excluding hydrogens is 374 g/mol. The lowest BCUT2D eigenvalue weighted by atomic mass is 9.85. The molecule has 2 aromatic carbocycles. The van der Waals surface area contributed by atoms with Gasteiger partial charge in [0.15, 0.2) is 5.58 Å². The number of rotatable bonds is 3. The standard InChI is InChI=1S/C20H15N5O4/c1-11-18-14(12-5-4-6-13(9-12)25(27)28)10-17(26)22-19(18)24(23-11)20-21-15-7-2-3-8-16(15)29-20/h2-9,14H,10H2,1H3,(H,22,26). The van der Waals surface area contributed by atoms with E-state index in [0.29, 0.717) is 28.2 Å². The molecule has 0 radical (unpaired) electrons. The van der Waals surface area contributed by atoms with Gasteiger partial charge in [0.1, 0.15) is 11.3 Å². The van der Waals surface area contributed by atoms with E-state index in [2.05, 4.69) is 15.4 Å². The lowest BCUT2D eigenvalue weighted by Gasteiger charge is -2.23. The number of nitrogens with zero attached hydrogens (tertiary/aromatic N) is 4. The largest absolute Gasteiger partial charge is 0.422 e. The molecule has 0 fully saturated rings. The van der Waals surface area contributed by atoms with Crippen molar-refractivity contribution in [3.8, 4) is 6.01 Å². The van der Waals surface area contributed by atoms with Crippen molar-refractivity contribution in [2.24, 2.45) is 0 Å². The number of nitrogens with one attached hydrogen (secondary N) is 1. The van der Waals surface area contributed by atoms with Gasteiger partial charge in [0, 0.05) is 30.0 Å². The highest BCUT2D eigenvalue weighted by Crippen LogP contribution is 2.41. The summed E-state index contributed by atoms with van der Waals surface area (Å²) in [5.74, 6) is -0.0788. The number of non-ortho nitro benzene ring substituents is 1. The Bertz CT molecular complexity index is 1260. The Morgan fingerprint density at radius 2 is 2.07 bits per heavy atom. The minimum Gasteiger partial charge on any atom is -0.422 e. The summed E-state index contributed by atoms with van der Waals surface area (Å²) >= 11 is 0. The highest BCUT2D eigenvalue weighted by atomic mass is 16.6. The van der Waals surface area contributed by atoms with E-state index in [0.717, 1.165) is 5.56 Å². The second-order valence-electron chi connectivity index (χ2n) is 6.88. The topological polar surface area (TPSA) is 116 Å². The van der Waals surface area contributed by atoms with Crippen molar-refractivity contribution in [3.63, 3.8) is 0 Å². The first-order valence-corrected chi connectivity index (χ1v) is 9.01. The molecule has 9 heteroatoms. The molecule has 1 amide bonds. The van der Waals surface area contributed by atoms with Crippen LogP contribution in [0, 0.1) is 17.0 Å². The Morgan fingerprint density at radius 3 is 2.86 bits per heavy atom. The van der Waals surface area contributed by atoms with Gasteiger partial charge in [0.25, 0.3) is 5.69 Å². The van der Waals surface area contributed by atoms with E-state index >= 15 is 0 Å². The summed E-state index contributed by atoms with van der Waals surface area (Å²) in [6.07, 6.45) is 0.175. The number of para-hydroxylation sites is 2. The Morgan fingerprint density at radius 1 is 1.24 bits per heavy atom. The molecular formula is C20H15N5O4. The number of oxazole rings is 1. The number of aromatic nitrogens is 3. The third-order valence-corrected chi connectivity index (χ3v) is 5.05. The molecule has 4 aromatic rings. The molecule has 0 saturated heterocycles. The third kappa shape index (κ3) is 2.75. The lowest BCUT2D eigenvalue weighted by molar-refractivity contribution is -0.384. The van der Waals surface area contributed by atoms with Crippen LogP contribution in [0.15, 0.2) is 52.9 Å². The number of nitro benzene ring substituents is 1. The van der Waals surface area contributed by atoms with Gasteiger partial charge in [-0.2, -0.15) is 14.8 Å². The van der Waals surface area contributed by atoms with Crippen LogP contribution in [0.4, 0.5) is 11.5 Å². The molecule has 2 aromatic heterocycles. The maximum Gasteiger partial charge on any atom is 0.325 e. The highest BCUT2D eigenvalue weighted by Gasteiger charge is 2.34. The van der Waals surface area contributed by atoms with Crippen LogP contribution in [-0.4, -0.2) is 25.6 Å².